The number of aliphatic hydroxyl groups excluding tert-OH is 1. The predicted molar refractivity (Wildman–Crippen MR) is 125 cm³/mol. The van der Waals surface area contributed by atoms with Gasteiger partial charge in [0.1, 0.15) is 24.5 Å². The number of hydrogen-bond acceptors (Lipinski definition) is 10. The number of para-hydroxylation sites is 1. The van der Waals surface area contributed by atoms with Crippen molar-refractivity contribution >= 4 is 13.7 Å². The van der Waals surface area contributed by atoms with Crippen LogP contribution in [0.2, 0.25) is 0 Å². The van der Waals surface area contributed by atoms with Crippen molar-refractivity contribution in [1.29, 1.82) is 0 Å². The molecule has 1 aliphatic rings. The van der Waals surface area contributed by atoms with E-state index in [0.717, 1.165) is 16.8 Å². The molecule has 13 nitrogen and oxygen atoms in total. The van der Waals surface area contributed by atoms with Gasteiger partial charge in [-0.15, -0.1) is 6.42 Å². The SMILES string of the molecule is C#CC1(O)C(O)C(COP(=O)(NCC(=O)OC(C)C)Oc2ccccc2)OC1n1ccc(=O)[nH]c1=O. The number of aromatic amines is 1. The number of hydrogen-bond donors (Lipinski definition) is 4. The number of aliphatic hydroxyl groups is 2. The van der Waals surface area contributed by atoms with E-state index in [0.29, 0.717) is 0 Å². The third-order valence-corrected chi connectivity index (χ3v) is 6.47. The Morgan fingerprint density at radius 3 is 2.64 bits per heavy atom. The molecule has 1 aromatic carbocycles. The summed E-state index contributed by atoms with van der Waals surface area (Å²) in [4.78, 5) is 37.5. The summed E-state index contributed by atoms with van der Waals surface area (Å²) in [6.45, 7) is 2.12. The summed E-state index contributed by atoms with van der Waals surface area (Å²) in [6, 6.07) is 8.95. The first kappa shape index (κ1) is 27.3. The molecule has 0 saturated carbocycles. The number of esters is 1. The number of ether oxygens (including phenoxy) is 2. The van der Waals surface area contributed by atoms with E-state index in [2.05, 4.69) is 5.09 Å². The summed E-state index contributed by atoms with van der Waals surface area (Å²) >= 11 is 0. The maximum Gasteiger partial charge on any atom is 0.459 e. The van der Waals surface area contributed by atoms with Gasteiger partial charge in [-0.3, -0.25) is 23.7 Å². The standard InChI is InChI=1S/C22H26N3O10P/c1-4-22(30)19(28)16(34-20(22)25-11-10-17(26)24-21(25)29)13-32-36(31,23-12-18(27)33-14(2)3)35-15-8-6-5-7-9-15/h1,5-11,14,16,19-20,28,30H,12-13H2,2-3H3,(H,23,31)(H,24,26,29). The molecule has 14 heteroatoms. The van der Waals surface area contributed by atoms with E-state index >= 15 is 0 Å². The van der Waals surface area contributed by atoms with Gasteiger partial charge in [0, 0.05) is 12.3 Å². The molecule has 1 aromatic heterocycles. The molecule has 5 atom stereocenters. The molecule has 4 N–H and O–H groups in total. The number of benzene rings is 1. The molecule has 0 aliphatic carbocycles. The highest BCUT2D eigenvalue weighted by Gasteiger charge is 2.56. The van der Waals surface area contributed by atoms with Crippen LogP contribution in [0.4, 0.5) is 0 Å². The zero-order chi connectivity index (χ0) is 26.5. The third-order valence-electron chi connectivity index (χ3n) is 4.98. The Morgan fingerprint density at radius 2 is 2.03 bits per heavy atom. The van der Waals surface area contributed by atoms with Crippen LogP contribution in [-0.2, 0) is 23.4 Å². The van der Waals surface area contributed by atoms with Crippen molar-refractivity contribution in [3.63, 3.8) is 0 Å². The first-order chi connectivity index (χ1) is 17.0. The number of aromatic nitrogens is 2. The lowest BCUT2D eigenvalue weighted by molar-refractivity contribution is -0.146. The van der Waals surface area contributed by atoms with Crippen LogP contribution in [0.3, 0.4) is 0 Å². The molecule has 3 rings (SSSR count). The Bertz CT molecular complexity index is 1270. The molecular formula is C22H26N3O10P. The lowest BCUT2D eigenvalue weighted by Gasteiger charge is -2.26. The van der Waals surface area contributed by atoms with Gasteiger partial charge >= 0.3 is 19.4 Å². The number of nitrogens with zero attached hydrogens (tertiary/aromatic N) is 1. The molecular weight excluding hydrogens is 497 g/mol. The summed E-state index contributed by atoms with van der Waals surface area (Å²) in [5, 5.41) is 23.9. The van der Waals surface area contributed by atoms with E-state index in [4.69, 9.17) is 24.9 Å². The van der Waals surface area contributed by atoms with Crippen LogP contribution in [-0.4, -0.2) is 62.8 Å². The molecule has 2 heterocycles. The van der Waals surface area contributed by atoms with Gasteiger partial charge in [0.05, 0.1) is 12.7 Å². The van der Waals surface area contributed by atoms with Gasteiger partial charge in [0.25, 0.3) is 5.56 Å². The number of H-pyrrole nitrogens is 1. The molecule has 2 aromatic rings. The Morgan fingerprint density at radius 1 is 1.33 bits per heavy atom. The molecule has 1 fully saturated rings. The maximum absolute atomic E-state index is 13.4. The minimum atomic E-state index is -4.27. The third kappa shape index (κ3) is 6.30. The fourth-order valence-electron chi connectivity index (χ4n) is 3.31. The maximum atomic E-state index is 13.4. The zero-order valence-electron chi connectivity index (χ0n) is 19.4. The van der Waals surface area contributed by atoms with Gasteiger partial charge < -0.3 is 24.2 Å². The molecule has 194 valence electrons. The Hall–Kier alpha value is -3.24. The van der Waals surface area contributed by atoms with Crippen LogP contribution >= 0.6 is 7.75 Å². The van der Waals surface area contributed by atoms with Crippen molar-refractivity contribution in [2.45, 2.75) is 44.0 Å². The summed E-state index contributed by atoms with van der Waals surface area (Å²) in [7, 11) is -4.27. The second-order valence-corrected chi connectivity index (χ2v) is 9.78. The number of terminal acetylenes is 1. The largest absolute Gasteiger partial charge is 0.462 e. The highest BCUT2D eigenvalue weighted by Crippen LogP contribution is 2.46. The first-order valence-electron chi connectivity index (χ1n) is 10.8. The van der Waals surface area contributed by atoms with Crippen molar-refractivity contribution < 1.29 is 38.1 Å². The normalized spacial score (nSPS) is 25.2. The smallest absolute Gasteiger partial charge is 0.459 e. The van der Waals surface area contributed by atoms with Gasteiger partial charge in [0.2, 0.25) is 0 Å². The van der Waals surface area contributed by atoms with Crippen LogP contribution in [0.5, 0.6) is 5.75 Å². The van der Waals surface area contributed by atoms with Crippen LogP contribution in [0.25, 0.3) is 0 Å². The average molecular weight is 523 g/mol. The predicted octanol–water partition coefficient (Wildman–Crippen LogP) is -0.0959. The fourth-order valence-corrected chi connectivity index (χ4v) is 4.59. The Balaban J connectivity index is 1.80. The number of carbonyl (C=O) groups excluding carboxylic acids is 1. The van der Waals surface area contributed by atoms with Gasteiger partial charge in [-0.05, 0) is 26.0 Å². The highest BCUT2D eigenvalue weighted by atomic mass is 31.2. The van der Waals surface area contributed by atoms with E-state index < -0.39 is 68.3 Å². The summed E-state index contributed by atoms with van der Waals surface area (Å²) < 4.78 is 35.7. The van der Waals surface area contributed by atoms with Crippen LogP contribution < -0.4 is 20.9 Å². The number of rotatable bonds is 10. The van der Waals surface area contributed by atoms with Crippen molar-refractivity contribution in [3.05, 3.63) is 63.4 Å². The molecule has 0 radical (unpaired) electrons. The molecule has 0 bridgehead atoms. The second kappa shape index (κ2) is 11.2. The minimum Gasteiger partial charge on any atom is -0.462 e. The topological polar surface area (TPSA) is 178 Å². The van der Waals surface area contributed by atoms with Crippen molar-refractivity contribution in [3.8, 4) is 18.1 Å². The summed E-state index contributed by atoms with van der Waals surface area (Å²) in [5.74, 6) is 1.43. The van der Waals surface area contributed by atoms with Crippen molar-refractivity contribution in [2.75, 3.05) is 13.2 Å². The molecule has 1 aliphatic heterocycles. The monoisotopic (exact) mass is 523 g/mol. The highest BCUT2D eigenvalue weighted by molar-refractivity contribution is 7.52. The van der Waals surface area contributed by atoms with Gasteiger partial charge in [-0.1, -0.05) is 24.1 Å². The molecule has 5 unspecified atom stereocenters. The summed E-state index contributed by atoms with van der Waals surface area (Å²) in [6.07, 6.45) is 1.24. The lowest BCUT2D eigenvalue weighted by Crippen LogP contribution is -2.48. The van der Waals surface area contributed by atoms with Crippen LogP contribution in [0.15, 0.2) is 52.2 Å². The van der Waals surface area contributed by atoms with Gasteiger partial charge in [-0.25, -0.2) is 14.4 Å². The molecule has 0 spiro atoms. The quantitative estimate of drug-likeness (QED) is 0.186. The van der Waals surface area contributed by atoms with E-state index in [9.17, 15) is 29.2 Å². The molecule has 36 heavy (non-hydrogen) atoms. The number of carbonyl (C=O) groups is 1. The second-order valence-electron chi connectivity index (χ2n) is 8.03. The fraction of sp³-hybridized carbons (Fsp3) is 0.409. The minimum absolute atomic E-state index is 0.149. The van der Waals surface area contributed by atoms with Crippen molar-refractivity contribution in [2.24, 2.45) is 0 Å². The van der Waals surface area contributed by atoms with Crippen molar-refractivity contribution in [1.82, 2.24) is 14.6 Å². The molecule has 1 saturated heterocycles. The van der Waals surface area contributed by atoms with Crippen LogP contribution in [0.1, 0.15) is 20.1 Å². The first-order valence-corrected chi connectivity index (χ1v) is 12.3. The zero-order valence-corrected chi connectivity index (χ0v) is 20.3. The van der Waals surface area contributed by atoms with Gasteiger partial charge in [-0.2, -0.15) is 0 Å². The average Bonchev–Trinajstić information content (AvgIpc) is 3.07. The molecule has 0 amide bonds. The summed E-state index contributed by atoms with van der Waals surface area (Å²) in [5.41, 5.74) is -4.05. The van der Waals surface area contributed by atoms with E-state index in [1.165, 1.54) is 12.1 Å². The van der Waals surface area contributed by atoms with E-state index in [-0.39, 0.29) is 5.75 Å². The Labute approximate surface area is 205 Å². The lowest BCUT2D eigenvalue weighted by atomic mass is 9.95. The van der Waals surface area contributed by atoms with Gasteiger partial charge in [0.15, 0.2) is 11.8 Å². The Kier molecular flexibility index (Phi) is 8.52. The number of nitrogens with one attached hydrogen (secondary N) is 2. The van der Waals surface area contributed by atoms with E-state index in [1.807, 2.05) is 10.9 Å². The van der Waals surface area contributed by atoms with E-state index in [1.54, 1.807) is 32.0 Å². The van der Waals surface area contributed by atoms with Crippen LogP contribution in [0, 0.1) is 12.3 Å².